The van der Waals surface area contributed by atoms with E-state index in [2.05, 4.69) is 0 Å². The van der Waals surface area contributed by atoms with Crippen LogP contribution in [0.3, 0.4) is 0 Å². The molecule has 4 rings (SSSR count). The predicted octanol–water partition coefficient (Wildman–Crippen LogP) is -5.56. The average Bonchev–Trinajstić information content (AvgIpc) is 2.81. The van der Waals surface area contributed by atoms with Crippen LogP contribution in [-0.2, 0) is 9.47 Å². The molecule has 2 heterocycles. The number of hydrogen-bond donors (Lipinski definition) is 10. The Morgan fingerprint density at radius 3 is 1.91 bits per heavy atom. The quantitative estimate of drug-likeness (QED) is 0.164. The Kier molecular flexibility index (Phi) is 8.16. The van der Waals surface area contributed by atoms with Crippen molar-refractivity contribution in [3.8, 4) is 0 Å². The molecule has 0 amide bonds. The monoisotopic (exact) mass is 497 g/mol. The minimum atomic E-state index is -1.66. The lowest BCUT2D eigenvalue weighted by molar-refractivity contribution is -0.360. The maximum Gasteiger partial charge on any atom is 0.187 e. The maximum atomic E-state index is 10.6. The van der Waals surface area contributed by atoms with E-state index >= 15 is 0 Å². The van der Waals surface area contributed by atoms with Gasteiger partial charge in [0.1, 0.15) is 42.7 Å². The van der Waals surface area contributed by atoms with Gasteiger partial charge in [0.25, 0.3) is 0 Å². The molecular weight excluding hydrogens is 460 g/mol. The van der Waals surface area contributed by atoms with Crippen molar-refractivity contribution in [3.63, 3.8) is 0 Å². The van der Waals surface area contributed by atoms with Crippen LogP contribution in [0.5, 0.6) is 0 Å². The Bertz CT molecular complexity index is 669. The predicted molar refractivity (Wildman–Crippen MR) is 110 cm³/mol. The van der Waals surface area contributed by atoms with Crippen LogP contribution in [0.4, 0.5) is 0 Å². The largest absolute Gasteiger partial charge is 0.427 e. The SMILES string of the molecule is OC[C@H]1O[C@@H](OC2CC3C(CC(O)C(O)C3O)[OH+]C2C2CC(O)C(O)C(O)C2)[C@H](O)[C@@H](O)[C@@H]1O. The fourth-order valence-electron chi connectivity index (χ4n) is 5.91. The zero-order valence-electron chi connectivity index (χ0n) is 18.5. The Labute approximate surface area is 195 Å². The first-order chi connectivity index (χ1) is 16.0. The van der Waals surface area contributed by atoms with Crippen molar-refractivity contribution in [1.82, 2.24) is 0 Å². The van der Waals surface area contributed by atoms with Gasteiger partial charge in [0, 0.05) is 12.3 Å². The third kappa shape index (κ3) is 4.87. The first-order valence-electron chi connectivity index (χ1n) is 11.8. The second kappa shape index (κ2) is 10.5. The number of rotatable bonds is 4. The van der Waals surface area contributed by atoms with Crippen LogP contribution < -0.4 is 0 Å². The first-order valence-corrected chi connectivity index (χ1v) is 11.8. The van der Waals surface area contributed by atoms with Gasteiger partial charge in [-0.2, -0.15) is 0 Å². The van der Waals surface area contributed by atoms with Crippen molar-refractivity contribution >= 4 is 0 Å². The van der Waals surface area contributed by atoms with Crippen LogP contribution in [0.1, 0.15) is 25.7 Å². The van der Waals surface area contributed by atoms with Crippen LogP contribution in [0.25, 0.3) is 0 Å². The van der Waals surface area contributed by atoms with Gasteiger partial charge < -0.3 is 65.3 Å². The van der Waals surface area contributed by atoms with E-state index in [4.69, 9.17) is 14.2 Å². The average molecular weight is 498 g/mol. The lowest BCUT2D eigenvalue weighted by Gasteiger charge is -2.49. The van der Waals surface area contributed by atoms with Crippen molar-refractivity contribution in [2.45, 2.75) is 111 Å². The Morgan fingerprint density at radius 1 is 0.676 bits per heavy atom. The summed E-state index contributed by atoms with van der Waals surface area (Å²) in [6.07, 6.45) is -16.9. The van der Waals surface area contributed by atoms with E-state index in [-0.39, 0.29) is 25.7 Å². The van der Waals surface area contributed by atoms with Gasteiger partial charge in [0.05, 0.1) is 36.9 Å². The molecule has 13 nitrogen and oxygen atoms in total. The second-order valence-corrected chi connectivity index (χ2v) is 10.1. The molecule has 0 spiro atoms. The summed E-state index contributed by atoms with van der Waals surface area (Å²) in [5.41, 5.74) is 0. The first kappa shape index (κ1) is 26.5. The van der Waals surface area contributed by atoms with E-state index in [9.17, 15) is 51.1 Å². The van der Waals surface area contributed by atoms with Crippen LogP contribution >= 0.6 is 0 Å². The fraction of sp³-hybridized carbons (Fsp3) is 1.00. The molecule has 14 atom stereocenters. The van der Waals surface area contributed by atoms with Crippen LogP contribution in [0.2, 0.25) is 0 Å². The highest BCUT2D eigenvalue weighted by atomic mass is 16.7. The zero-order chi connectivity index (χ0) is 24.9. The molecule has 0 aromatic heterocycles. The van der Waals surface area contributed by atoms with Gasteiger partial charge in [-0.1, -0.05) is 0 Å². The van der Waals surface area contributed by atoms with Gasteiger partial charge in [0.2, 0.25) is 0 Å². The van der Waals surface area contributed by atoms with E-state index in [0.717, 1.165) is 0 Å². The molecule has 0 radical (unpaired) electrons. The molecule has 0 aromatic carbocycles. The molecule has 2 aliphatic heterocycles. The summed E-state index contributed by atoms with van der Waals surface area (Å²) in [5, 5.41) is 101. The maximum absolute atomic E-state index is 10.6. The Hall–Kier alpha value is -0.520. The van der Waals surface area contributed by atoms with Crippen LogP contribution in [0.15, 0.2) is 0 Å². The molecule has 11 N–H and O–H groups in total. The number of aliphatic hydroxyl groups is 12. The standard InChI is InChI=1S/C21H36O13/c22-5-13-17(29)18(30)19(31)21(34-13)33-12-3-7-11(4-10(25)16(28)14(7)26)32-20(12)6-1-8(23)15(27)9(24)2-6/h6-31H,1-5H2/p+1/t6?,7?,8?,9?,10?,11?,12?,13-,14?,15?,16?,17-,18+,19-,20?,21-/m1/s1. The number of fused-ring (bicyclic) bond motifs is 1. The summed E-state index contributed by atoms with van der Waals surface area (Å²) in [7, 11) is 0. The van der Waals surface area contributed by atoms with Crippen molar-refractivity contribution in [2.24, 2.45) is 11.8 Å². The van der Waals surface area contributed by atoms with Gasteiger partial charge >= 0.3 is 0 Å². The zero-order valence-corrected chi connectivity index (χ0v) is 18.5. The molecule has 13 heteroatoms. The molecule has 2 saturated carbocycles. The summed E-state index contributed by atoms with van der Waals surface area (Å²) >= 11 is 0. The van der Waals surface area contributed by atoms with E-state index in [0.29, 0.717) is 0 Å². The summed E-state index contributed by atoms with van der Waals surface area (Å²) in [6, 6.07) is 0. The summed E-state index contributed by atoms with van der Waals surface area (Å²) in [5.74, 6) is -1.07. The van der Waals surface area contributed by atoms with Gasteiger partial charge in [-0.3, -0.25) is 0 Å². The molecular formula is C21H37O13+. The van der Waals surface area contributed by atoms with E-state index in [1.54, 1.807) is 0 Å². The number of aliphatic hydroxyl groups excluding tert-OH is 10. The number of ether oxygens (including phenoxy) is 3. The van der Waals surface area contributed by atoms with Gasteiger partial charge in [-0.25, -0.2) is 0 Å². The Balaban J connectivity index is 1.57. The Morgan fingerprint density at radius 2 is 1.29 bits per heavy atom. The smallest absolute Gasteiger partial charge is 0.187 e. The van der Waals surface area contributed by atoms with Crippen molar-refractivity contribution < 1.29 is 65.3 Å². The minimum absolute atomic E-state index is 0.0893. The van der Waals surface area contributed by atoms with Crippen molar-refractivity contribution in [3.05, 3.63) is 0 Å². The van der Waals surface area contributed by atoms with E-state index in [1.165, 1.54) is 0 Å². The van der Waals surface area contributed by atoms with Crippen molar-refractivity contribution in [2.75, 3.05) is 6.61 Å². The molecule has 0 aromatic rings. The lowest BCUT2D eigenvalue weighted by atomic mass is 9.71. The second-order valence-electron chi connectivity index (χ2n) is 10.1. The highest BCUT2D eigenvalue weighted by Crippen LogP contribution is 2.42. The molecule has 34 heavy (non-hydrogen) atoms. The molecule has 4 fully saturated rings. The third-order valence-corrected chi connectivity index (χ3v) is 7.93. The summed E-state index contributed by atoms with van der Waals surface area (Å²) in [4.78, 5) is 0. The van der Waals surface area contributed by atoms with Crippen molar-refractivity contribution in [1.29, 1.82) is 0 Å². The molecule has 2 aliphatic carbocycles. The van der Waals surface area contributed by atoms with Crippen LogP contribution in [0, 0.1) is 11.8 Å². The molecule has 4 aliphatic rings. The molecule has 9 unspecified atom stereocenters. The fourth-order valence-corrected chi connectivity index (χ4v) is 5.91. The normalized spacial score (nSPS) is 56.6. The van der Waals surface area contributed by atoms with Gasteiger partial charge in [0.15, 0.2) is 18.5 Å². The highest BCUT2D eigenvalue weighted by Gasteiger charge is 2.57. The van der Waals surface area contributed by atoms with Gasteiger partial charge in [-0.05, 0) is 19.3 Å². The number of hydrogen-bond acceptors (Lipinski definition) is 12. The van der Waals surface area contributed by atoms with Crippen LogP contribution in [-0.4, -0.2) is 148 Å². The highest BCUT2D eigenvalue weighted by molar-refractivity contribution is 5.01. The van der Waals surface area contributed by atoms with Gasteiger partial charge in [-0.15, -0.1) is 0 Å². The molecule has 2 saturated heterocycles. The lowest BCUT2D eigenvalue weighted by Crippen LogP contribution is -2.65. The topological polar surface area (TPSA) is 234 Å². The minimum Gasteiger partial charge on any atom is -0.427 e. The third-order valence-electron chi connectivity index (χ3n) is 7.93. The molecule has 0 bridgehead atoms. The summed E-state index contributed by atoms with van der Waals surface area (Å²) < 4.78 is 16.2. The molecule has 198 valence electrons. The van der Waals surface area contributed by atoms with E-state index in [1.807, 2.05) is 0 Å². The van der Waals surface area contributed by atoms with E-state index < -0.39 is 104 Å². The summed E-state index contributed by atoms with van der Waals surface area (Å²) in [6.45, 7) is -0.643.